The Hall–Kier alpha value is -2.80. The zero-order valence-corrected chi connectivity index (χ0v) is 18.0. The number of aromatic nitrogens is 3. The van der Waals surface area contributed by atoms with Gasteiger partial charge in [0, 0.05) is 17.7 Å². The highest BCUT2D eigenvalue weighted by atomic mass is 32.2. The quantitative estimate of drug-likeness (QED) is 0.536. The molecule has 3 aromatic rings. The molecule has 1 atom stereocenters. The number of hydrogen-bond acceptors (Lipinski definition) is 6. The van der Waals surface area contributed by atoms with Crippen LogP contribution in [0.1, 0.15) is 32.6 Å². The number of carbonyl (C=O) groups is 1. The fraction of sp³-hybridized carbons (Fsp3) is 0.348. The molecule has 6 nitrogen and oxygen atoms in total. The van der Waals surface area contributed by atoms with Gasteiger partial charge in [0.25, 0.3) is 0 Å². The maximum Gasteiger partial charge on any atom is 0.196 e. The molecule has 7 heteroatoms. The minimum absolute atomic E-state index is 0.0671. The lowest BCUT2D eigenvalue weighted by molar-refractivity contribution is -0.119. The molecule has 4 rings (SSSR count). The first-order chi connectivity index (χ1) is 14.7. The maximum atomic E-state index is 12.4. The molecular weight excluding hydrogens is 398 g/mol. The minimum Gasteiger partial charge on any atom is -0.497 e. The van der Waals surface area contributed by atoms with Crippen molar-refractivity contribution in [2.45, 2.75) is 43.0 Å². The largest absolute Gasteiger partial charge is 0.497 e. The van der Waals surface area contributed by atoms with Crippen LogP contribution in [0.2, 0.25) is 0 Å². The van der Waals surface area contributed by atoms with Gasteiger partial charge in [-0.3, -0.25) is 9.36 Å². The van der Waals surface area contributed by atoms with Crippen molar-refractivity contribution < 1.29 is 14.3 Å². The van der Waals surface area contributed by atoms with Gasteiger partial charge in [-0.2, -0.15) is 0 Å². The summed E-state index contributed by atoms with van der Waals surface area (Å²) in [5.74, 6) is 2.58. The smallest absolute Gasteiger partial charge is 0.196 e. The van der Waals surface area contributed by atoms with E-state index in [9.17, 15) is 4.79 Å². The van der Waals surface area contributed by atoms with Crippen molar-refractivity contribution in [2.24, 2.45) is 0 Å². The molecule has 0 aliphatic heterocycles. The van der Waals surface area contributed by atoms with Gasteiger partial charge < -0.3 is 9.47 Å². The molecule has 156 valence electrons. The molecule has 0 radical (unpaired) electrons. The van der Waals surface area contributed by atoms with E-state index in [0.29, 0.717) is 24.6 Å². The average Bonchev–Trinajstić information content (AvgIpc) is 3.20. The van der Waals surface area contributed by atoms with Gasteiger partial charge in [0.15, 0.2) is 11.0 Å². The third-order valence-corrected chi connectivity index (χ3v) is 6.37. The Kier molecular flexibility index (Phi) is 6.38. The van der Waals surface area contributed by atoms with E-state index in [0.717, 1.165) is 47.2 Å². The Labute approximate surface area is 180 Å². The van der Waals surface area contributed by atoms with Crippen molar-refractivity contribution in [3.05, 3.63) is 48.5 Å². The van der Waals surface area contributed by atoms with Crippen molar-refractivity contribution in [3.63, 3.8) is 0 Å². The van der Waals surface area contributed by atoms with E-state index < -0.39 is 0 Å². The van der Waals surface area contributed by atoms with Crippen LogP contribution in [0.5, 0.6) is 11.5 Å². The fourth-order valence-corrected chi connectivity index (χ4v) is 4.76. The summed E-state index contributed by atoms with van der Waals surface area (Å²) in [5.41, 5.74) is 1.82. The normalized spacial score (nSPS) is 16.5. The molecule has 30 heavy (non-hydrogen) atoms. The van der Waals surface area contributed by atoms with E-state index in [-0.39, 0.29) is 5.25 Å². The lowest BCUT2D eigenvalue weighted by atomic mass is 9.99. The van der Waals surface area contributed by atoms with Gasteiger partial charge in [-0.15, -0.1) is 10.2 Å². The molecule has 0 amide bonds. The highest BCUT2D eigenvalue weighted by molar-refractivity contribution is 8.00. The predicted molar refractivity (Wildman–Crippen MR) is 118 cm³/mol. The second-order valence-corrected chi connectivity index (χ2v) is 8.29. The molecule has 2 aromatic carbocycles. The number of ketones is 1. The number of ether oxygens (including phenoxy) is 2. The van der Waals surface area contributed by atoms with Crippen LogP contribution in [0.3, 0.4) is 0 Å². The van der Waals surface area contributed by atoms with Gasteiger partial charge in [0.05, 0.1) is 19.0 Å². The first-order valence-electron chi connectivity index (χ1n) is 10.2. The average molecular weight is 424 g/mol. The van der Waals surface area contributed by atoms with Crippen molar-refractivity contribution in [1.29, 1.82) is 0 Å². The van der Waals surface area contributed by atoms with Crippen molar-refractivity contribution in [2.75, 3.05) is 13.7 Å². The molecule has 1 heterocycles. The summed E-state index contributed by atoms with van der Waals surface area (Å²) in [6, 6.07) is 15.6. The Morgan fingerprint density at radius 3 is 2.67 bits per heavy atom. The van der Waals surface area contributed by atoms with Crippen LogP contribution in [0.15, 0.2) is 53.7 Å². The molecule has 0 spiro atoms. The van der Waals surface area contributed by atoms with Gasteiger partial charge in [-0.1, -0.05) is 30.3 Å². The Bertz CT molecular complexity index is 1020. The minimum atomic E-state index is -0.0671. The van der Waals surface area contributed by atoms with Crippen LogP contribution >= 0.6 is 11.8 Å². The van der Waals surface area contributed by atoms with E-state index in [1.54, 1.807) is 7.11 Å². The molecule has 1 aliphatic rings. The van der Waals surface area contributed by atoms with Crippen LogP contribution in [-0.4, -0.2) is 39.5 Å². The van der Waals surface area contributed by atoms with E-state index in [1.165, 1.54) is 11.8 Å². The third kappa shape index (κ3) is 4.36. The zero-order valence-electron chi connectivity index (χ0n) is 17.2. The number of hydrogen-bond donors (Lipinski definition) is 0. The maximum absolute atomic E-state index is 12.4. The summed E-state index contributed by atoms with van der Waals surface area (Å²) in [6.45, 7) is 2.58. The lowest BCUT2D eigenvalue weighted by Gasteiger charge is -2.20. The Morgan fingerprint density at radius 2 is 1.93 bits per heavy atom. The lowest BCUT2D eigenvalue weighted by Crippen LogP contribution is -2.21. The summed E-state index contributed by atoms with van der Waals surface area (Å²) in [5, 5.41) is 9.60. The highest BCUT2D eigenvalue weighted by Gasteiger charge is 2.27. The van der Waals surface area contributed by atoms with Crippen LogP contribution in [0, 0.1) is 0 Å². The van der Waals surface area contributed by atoms with E-state index in [4.69, 9.17) is 9.47 Å². The second kappa shape index (κ2) is 9.34. The monoisotopic (exact) mass is 423 g/mol. The summed E-state index contributed by atoms with van der Waals surface area (Å²) in [4.78, 5) is 12.4. The van der Waals surface area contributed by atoms with E-state index in [2.05, 4.69) is 10.2 Å². The molecule has 1 aliphatic carbocycles. The number of methoxy groups -OCH3 is 1. The van der Waals surface area contributed by atoms with Gasteiger partial charge >= 0.3 is 0 Å². The fourth-order valence-electron chi connectivity index (χ4n) is 3.59. The van der Waals surface area contributed by atoms with Crippen LogP contribution in [-0.2, 0) is 4.79 Å². The standard InChI is InChI=1S/C23H25N3O3S/c1-3-29-18-13-11-17(12-14-18)26-22(16-7-6-8-19(15-16)28-2)24-25-23(26)30-21-10-5-4-9-20(21)27/h6-8,11-15,21H,3-5,9-10H2,1-2H3. The SMILES string of the molecule is CCOc1ccc(-n2c(SC3CCCCC3=O)nnc2-c2cccc(OC)c2)cc1. The molecule has 1 unspecified atom stereocenters. The van der Waals surface area contributed by atoms with Crippen molar-refractivity contribution in [1.82, 2.24) is 14.8 Å². The molecule has 0 bridgehead atoms. The molecule has 1 aromatic heterocycles. The Balaban J connectivity index is 1.76. The van der Waals surface area contributed by atoms with Gasteiger partial charge in [0.1, 0.15) is 17.3 Å². The molecule has 1 fully saturated rings. The van der Waals surface area contributed by atoms with Gasteiger partial charge in [-0.05, 0) is 56.2 Å². The van der Waals surface area contributed by atoms with Gasteiger partial charge in [-0.25, -0.2) is 0 Å². The Morgan fingerprint density at radius 1 is 1.10 bits per heavy atom. The molecular formula is C23H25N3O3S. The first kappa shape index (κ1) is 20.5. The topological polar surface area (TPSA) is 66.2 Å². The van der Waals surface area contributed by atoms with Crippen LogP contribution in [0.25, 0.3) is 17.1 Å². The van der Waals surface area contributed by atoms with Gasteiger partial charge in [0.2, 0.25) is 0 Å². The third-order valence-electron chi connectivity index (χ3n) is 5.11. The van der Waals surface area contributed by atoms with Crippen LogP contribution in [0.4, 0.5) is 0 Å². The van der Waals surface area contributed by atoms with Crippen molar-refractivity contribution in [3.8, 4) is 28.6 Å². The number of nitrogens with zero attached hydrogens (tertiary/aromatic N) is 3. The summed E-state index contributed by atoms with van der Waals surface area (Å²) < 4.78 is 13.0. The molecule has 0 saturated heterocycles. The summed E-state index contributed by atoms with van der Waals surface area (Å²) in [7, 11) is 1.65. The van der Waals surface area contributed by atoms with E-state index >= 15 is 0 Å². The predicted octanol–water partition coefficient (Wildman–Crippen LogP) is 4.95. The van der Waals surface area contributed by atoms with Crippen molar-refractivity contribution >= 4 is 17.5 Å². The summed E-state index contributed by atoms with van der Waals surface area (Å²) >= 11 is 1.51. The molecule has 0 N–H and O–H groups in total. The zero-order chi connectivity index (χ0) is 20.9. The second-order valence-electron chi connectivity index (χ2n) is 7.12. The van der Waals surface area contributed by atoms with E-state index in [1.807, 2.05) is 60.0 Å². The summed E-state index contributed by atoms with van der Waals surface area (Å²) in [6.07, 6.45) is 3.59. The number of rotatable bonds is 7. The first-order valence-corrected chi connectivity index (χ1v) is 11.1. The number of Topliss-reactive ketones (excluding diaryl/α,β-unsaturated/α-hetero) is 1. The number of benzene rings is 2. The highest BCUT2D eigenvalue weighted by Crippen LogP contribution is 2.35. The molecule has 1 saturated carbocycles. The van der Waals surface area contributed by atoms with Crippen LogP contribution < -0.4 is 9.47 Å². The number of thioether (sulfide) groups is 1. The number of carbonyl (C=O) groups excluding carboxylic acids is 1.